The number of rotatable bonds is 9. The van der Waals surface area contributed by atoms with Gasteiger partial charge in [0.15, 0.2) is 0 Å². The van der Waals surface area contributed by atoms with Crippen LogP contribution in [0.25, 0.3) is 0 Å². The molecule has 0 aliphatic carbocycles. The number of nitrogens with zero attached hydrogens (tertiary/aromatic N) is 3. The summed E-state index contributed by atoms with van der Waals surface area (Å²) in [7, 11) is 0. The number of pyridine rings is 1. The fourth-order valence-electron chi connectivity index (χ4n) is 4.53. The van der Waals surface area contributed by atoms with Gasteiger partial charge in [-0.05, 0) is 38.8 Å². The average Bonchev–Trinajstić information content (AvgIpc) is 2.83. The molecule has 1 aromatic rings. The first-order valence-electron chi connectivity index (χ1n) is 11.7. The van der Waals surface area contributed by atoms with Crippen molar-refractivity contribution in [1.29, 1.82) is 0 Å². The molecular weight excluding hydrogens is 437 g/mol. The Bertz CT molecular complexity index is 764. The minimum absolute atomic E-state index is 0.117. The Morgan fingerprint density at radius 1 is 1.24 bits per heavy atom. The topological polar surface area (TPSA) is 66.9 Å². The lowest BCUT2D eigenvalue weighted by atomic mass is 9.86. The van der Waals surface area contributed by atoms with Crippen LogP contribution < -0.4 is 5.32 Å². The molecular formula is C23H35F3N4O3. The fraction of sp³-hybridized carbons (Fsp3) is 0.739. The molecule has 1 N–H and O–H groups in total. The molecule has 1 atom stereocenters. The van der Waals surface area contributed by atoms with Crippen LogP contribution in [0.1, 0.15) is 44.0 Å². The summed E-state index contributed by atoms with van der Waals surface area (Å²) < 4.78 is 50.1. The number of ether oxygens (including phenoxy) is 2. The minimum atomic E-state index is -4.54. The van der Waals surface area contributed by atoms with Crippen molar-refractivity contribution in [3.63, 3.8) is 0 Å². The molecule has 0 aromatic carbocycles. The number of amides is 1. The maximum absolute atomic E-state index is 13.0. The van der Waals surface area contributed by atoms with Crippen molar-refractivity contribution >= 4 is 5.91 Å². The summed E-state index contributed by atoms with van der Waals surface area (Å²) in [5.41, 5.74) is -1.07. The zero-order valence-electron chi connectivity index (χ0n) is 19.5. The van der Waals surface area contributed by atoms with Crippen molar-refractivity contribution in [3.8, 4) is 0 Å². The second kappa shape index (κ2) is 11.6. The molecule has 2 aliphatic rings. The third-order valence-electron chi connectivity index (χ3n) is 6.71. The first-order valence-corrected chi connectivity index (χ1v) is 11.7. The SMILES string of the molecule is CCOCCN1CCN(C2(CNC(=O)C(C)c3cccc(C(F)(F)F)n3)CCOCC2)CC1. The first kappa shape index (κ1) is 25.9. The molecule has 10 heteroatoms. The van der Waals surface area contributed by atoms with Crippen molar-refractivity contribution in [2.75, 3.05) is 65.7 Å². The van der Waals surface area contributed by atoms with E-state index in [1.807, 2.05) is 6.92 Å². The Morgan fingerprint density at radius 2 is 1.94 bits per heavy atom. The van der Waals surface area contributed by atoms with E-state index in [1.165, 1.54) is 12.1 Å². The van der Waals surface area contributed by atoms with Gasteiger partial charge in [0, 0.05) is 64.6 Å². The van der Waals surface area contributed by atoms with Crippen LogP contribution in [0, 0.1) is 0 Å². The van der Waals surface area contributed by atoms with Gasteiger partial charge in [-0.1, -0.05) is 6.07 Å². The van der Waals surface area contributed by atoms with E-state index in [1.54, 1.807) is 6.92 Å². The largest absolute Gasteiger partial charge is 0.433 e. The highest BCUT2D eigenvalue weighted by Gasteiger charge is 2.40. The molecule has 186 valence electrons. The van der Waals surface area contributed by atoms with Crippen LogP contribution in [-0.4, -0.2) is 91.9 Å². The highest BCUT2D eigenvalue weighted by molar-refractivity contribution is 5.82. The first-order chi connectivity index (χ1) is 15.7. The lowest BCUT2D eigenvalue weighted by molar-refractivity contribution is -0.141. The number of aromatic nitrogens is 1. The summed E-state index contributed by atoms with van der Waals surface area (Å²) in [4.78, 5) is 21.4. The van der Waals surface area contributed by atoms with Gasteiger partial charge in [-0.15, -0.1) is 0 Å². The van der Waals surface area contributed by atoms with Gasteiger partial charge in [0.2, 0.25) is 5.91 Å². The number of piperazine rings is 1. The van der Waals surface area contributed by atoms with Gasteiger partial charge >= 0.3 is 6.18 Å². The minimum Gasteiger partial charge on any atom is -0.381 e. The van der Waals surface area contributed by atoms with Gasteiger partial charge in [0.1, 0.15) is 5.69 Å². The average molecular weight is 473 g/mol. The van der Waals surface area contributed by atoms with Crippen molar-refractivity contribution in [3.05, 3.63) is 29.6 Å². The third kappa shape index (κ3) is 6.88. The van der Waals surface area contributed by atoms with Crippen LogP contribution in [0.3, 0.4) is 0 Å². The van der Waals surface area contributed by atoms with Gasteiger partial charge < -0.3 is 14.8 Å². The summed E-state index contributed by atoms with van der Waals surface area (Å²) in [5.74, 6) is -1.09. The van der Waals surface area contributed by atoms with E-state index in [4.69, 9.17) is 9.47 Å². The molecule has 2 fully saturated rings. The fourth-order valence-corrected chi connectivity index (χ4v) is 4.53. The van der Waals surface area contributed by atoms with Crippen LogP contribution in [0.4, 0.5) is 13.2 Å². The summed E-state index contributed by atoms with van der Waals surface area (Å²) in [6.45, 7) is 11.3. The van der Waals surface area contributed by atoms with Gasteiger partial charge in [0.05, 0.1) is 18.2 Å². The summed E-state index contributed by atoms with van der Waals surface area (Å²) in [6, 6.07) is 3.67. The van der Waals surface area contributed by atoms with Crippen molar-refractivity contribution in [1.82, 2.24) is 20.1 Å². The molecule has 2 aliphatic heterocycles. The summed E-state index contributed by atoms with van der Waals surface area (Å²) in [5, 5.41) is 3.01. The van der Waals surface area contributed by atoms with E-state index in [2.05, 4.69) is 20.1 Å². The molecule has 0 bridgehead atoms. The van der Waals surface area contributed by atoms with Gasteiger partial charge in [-0.2, -0.15) is 13.2 Å². The van der Waals surface area contributed by atoms with Crippen LogP contribution in [0.5, 0.6) is 0 Å². The molecule has 3 rings (SSSR count). The number of hydrogen-bond acceptors (Lipinski definition) is 6. The predicted octanol–water partition coefficient (Wildman–Crippen LogP) is 2.52. The van der Waals surface area contributed by atoms with Gasteiger partial charge in [-0.25, -0.2) is 4.98 Å². The smallest absolute Gasteiger partial charge is 0.381 e. The molecule has 1 unspecified atom stereocenters. The number of alkyl halides is 3. The normalized spacial score (nSPS) is 21.0. The number of carbonyl (C=O) groups excluding carboxylic acids is 1. The Kier molecular flexibility index (Phi) is 9.09. The monoisotopic (exact) mass is 472 g/mol. The number of carbonyl (C=O) groups is 1. The molecule has 3 heterocycles. The van der Waals surface area contributed by atoms with Gasteiger partial charge in [0.25, 0.3) is 0 Å². The highest BCUT2D eigenvalue weighted by atomic mass is 19.4. The number of hydrogen-bond donors (Lipinski definition) is 1. The van der Waals surface area contributed by atoms with E-state index in [-0.39, 0.29) is 17.1 Å². The van der Waals surface area contributed by atoms with Gasteiger partial charge in [-0.3, -0.25) is 14.6 Å². The molecule has 0 radical (unpaired) electrons. The standard InChI is InChI=1S/C23H35F3N4O3/c1-3-32-16-13-29-9-11-30(12-10-29)22(7-14-33-15-8-22)17-27-21(31)18(2)19-5-4-6-20(28-19)23(24,25)26/h4-6,18H,3,7-17H2,1-2H3,(H,27,31). The van der Waals surface area contributed by atoms with E-state index in [0.29, 0.717) is 19.8 Å². The van der Waals surface area contributed by atoms with Crippen molar-refractivity contribution in [2.45, 2.75) is 44.3 Å². The Morgan fingerprint density at radius 3 is 2.58 bits per heavy atom. The zero-order valence-corrected chi connectivity index (χ0v) is 19.5. The van der Waals surface area contributed by atoms with E-state index in [0.717, 1.165) is 64.8 Å². The van der Waals surface area contributed by atoms with Crippen LogP contribution in [0.15, 0.2) is 18.2 Å². The predicted molar refractivity (Wildman–Crippen MR) is 118 cm³/mol. The van der Waals surface area contributed by atoms with Crippen LogP contribution in [-0.2, 0) is 20.4 Å². The molecule has 33 heavy (non-hydrogen) atoms. The molecule has 0 saturated carbocycles. The molecule has 0 spiro atoms. The zero-order chi connectivity index (χ0) is 23.9. The Balaban J connectivity index is 1.60. The quantitative estimate of drug-likeness (QED) is 0.558. The molecule has 1 aromatic heterocycles. The second-order valence-electron chi connectivity index (χ2n) is 8.75. The van der Waals surface area contributed by atoms with E-state index in [9.17, 15) is 18.0 Å². The molecule has 1 amide bonds. The van der Waals surface area contributed by atoms with E-state index >= 15 is 0 Å². The van der Waals surface area contributed by atoms with Crippen LogP contribution in [0.2, 0.25) is 0 Å². The lowest BCUT2D eigenvalue weighted by Crippen LogP contribution is -2.63. The third-order valence-corrected chi connectivity index (χ3v) is 6.71. The Hall–Kier alpha value is -1.75. The summed E-state index contributed by atoms with van der Waals surface area (Å²) >= 11 is 0. The maximum Gasteiger partial charge on any atom is 0.433 e. The van der Waals surface area contributed by atoms with Crippen LogP contribution >= 0.6 is 0 Å². The maximum atomic E-state index is 13.0. The highest BCUT2D eigenvalue weighted by Crippen LogP contribution is 2.30. The number of nitrogens with one attached hydrogen (secondary N) is 1. The van der Waals surface area contributed by atoms with Crippen molar-refractivity contribution in [2.24, 2.45) is 0 Å². The molecule has 2 saturated heterocycles. The second-order valence-corrected chi connectivity index (χ2v) is 8.75. The summed E-state index contributed by atoms with van der Waals surface area (Å²) in [6.07, 6.45) is -2.92. The lowest BCUT2D eigenvalue weighted by Gasteiger charge is -2.49. The van der Waals surface area contributed by atoms with E-state index < -0.39 is 17.8 Å². The Labute approximate surface area is 193 Å². The molecule has 7 nitrogen and oxygen atoms in total. The van der Waals surface area contributed by atoms with Crippen molar-refractivity contribution < 1.29 is 27.4 Å². The number of halogens is 3.